The zero-order valence-electron chi connectivity index (χ0n) is 13.4. The second-order valence-electron chi connectivity index (χ2n) is 6.56. The van der Waals surface area contributed by atoms with Crippen molar-refractivity contribution < 1.29 is 0 Å². The Hall–Kier alpha value is -1.09. The predicted molar refractivity (Wildman–Crippen MR) is 88.6 cm³/mol. The maximum absolute atomic E-state index is 4.68. The Morgan fingerprint density at radius 2 is 1.95 bits per heavy atom. The zero-order chi connectivity index (χ0) is 14.5. The lowest BCUT2D eigenvalue weighted by atomic mass is 9.93. The summed E-state index contributed by atoms with van der Waals surface area (Å²) in [4.78, 5) is 7.30. The Kier molecular flexibility index (Phi) is 5.13. The van der Waals surface area contributed by atoms with Gasteiger partial charge in [-0.1, -0.05) is 38.7 Å². The number of nitrogens with one attached hydrogen (secondary N) is 1. The molecule has 2 aliphatic rings. The van der Waals surface area contributed by atoms with Gasteiger partial charge < -0.3 is 5.32 Å². The van der Waals surface area contributed by atoms with Crippen LogP contribution in [0.3, 0.4) is 0 Å². The molecule has 0 bridgehead atoms. The van der Waals surface area contributed by atoms with Crippen molar-refractivity contribution in [2.45, 2.75) is 70.4 Å². The SMILES string of the molecule is CCN1CCCCC1c1cccnc1NC1CCCCC1. The summed E-state index contributed by atoms with van der Waals surface area (Å²) in [6.07, 6.45) is 12.6. The third kappa shape index (κ3) is 3.57. The smallest absolute Gasteiger partial charge is 0.130 e. The first-order chi connectivity index (χ1) is 10.4. The van der Waals surface area contributed by atoms with Crippen LogP contribution in [-0.2, 0) is 0 Å². The van der Waals surface area contributed by atoms with Crippen LogP contribution in [0.15, 0.2) is 18.3 Å². The average Bonchev–Trinajstić information content (AvgIpc) is 2.56. The summed E-state index contributed by atoms with van der Waals surface area (Å²) in [5, 5.41) is 3.75. The molecule has 116 valence electrons. The Bertz CT molecular complexity index is 440. The maximum Gasteiger partial charge on any atom is 0.130 e. The van der Waals surface area contributed by atoms with E-state index in [1.807, 2.05) is 6.20 Å². The van der Waals surface area contributed by atoms with E-state index in [9.17, 15) is 0 Å². The molecule has 2 fully saturated rings. The average molecular weight is 287 g/mol. The van der Waals surface area contributed by atoms with Crippen LogP contribution in [0.1, 0.15) is 69.9 Å². The Morgan fingerprint density at radius 1 is 1.14 bits per heavy atom. The molecule has 1 saturated heterocycles. The highest BCUT2D eigenvalue weighted by molar-refractivity contribution is 5.46. The van der Waals surface area contributed by atoms with Crippen LogP contribution in [-0.4, -0.2) is 29.0 Å². The molecule has 1 saturated carbocycles. The zero-order valence-corrected chi connectivity index (χ0v) is 13.4. The van der Waals surface area contributed by atoms with Crippen molar-refractivity contribution in [2.75, 3.05) is 18.4 Å². The van der Waals surface area contributed by atoms with Crippen LogP contribution in [0.4, 0.5) is 5.82 Å². The Balaban J connectivity index is 1.77. The van der Waals surface area contributed by atoms with E-state index in [2.05, 4.69) is 34.3 Å². The molecule has 21 heavy (non-hydrogen) atoms. The molecule has 1 aromatic heterocycles. The molecular formula is C18H29N3. The van der Waals surface area contributed by atoms with Gasteiger partial charge in [-0.2, -0.15) is 0 Å². The molecule has 0 amide bonds. The van der Waals surface area contributed by atoms with Gasteiger partial charge in [0, 0.05) is 23.8 Å². The molecular weight excluding hydrogens is 258 g/mol. The van der Waals surface area contributed by atoms with Crippen molar-refractivity contribution in [3.8, 4) is 0 Å². The van der Waals surface area contributed by atoms with E-state index >= 15 is 0 Å². The number of pyridine rings is 1. The van der Waals surface area contributed by atoms with E-state index in [1.54, 1.807) is 0 Å². The van der Waals surface area contributed by atoms with Crippen LogP contribution in [0.5, 0.6) is 0 Å². The summed E-state index contributed by atoms with van der Waals surface area (Å²) in [7, 11) is 0. The number of piperidine rings is 1. The normalized spacial score (nSPS) is 24.9. The van der Waals surface area contributed by atoms with E-state index in [0.717, 1.165) is 12.4 Å². The predicted octanol–water partition coefficient (Wildman–Crippen LogP) is 4.37. The third-order valence-corrected chi connectivity index (χ3v) is 5.16. The monoisotopic (exact) mass is 287 g/mol. The molecule has 3 rings (SSSR count). The van der Waals surface area contributed by atoms with E-state index in [4.69, 9.17) is 0 Å². The van der Waals surface area contributed by atoms with Gasteiger partial charge in [0.15, 0.2) is 0 Å². The number of nitrogens with zero attached hydrogens (tertiary/aromatic N) is 2. The summed E-state index contributed by atoms with van der Waals surface area (Å²) in [5.41, 5.74) is 1.42. The van der Waals surface area contributed by atoms with Crippen LogP contribution in [0.25, 0.3) is 0 Å². The molecule has 1 N–H and O–H groups in total. The third-order valence-electron chi connectivity index (χ3n) is 5.16. The molecule has 3 heteroatoms. The first-order valence-electron chi connectivity index (χ1n) is 8.84. The first kappa shape index (κ1) is 14.8. The van der Waals surface area contributed by atoms with Gasteiger partial charge in [-0.15, -0.1) is 0 Å². The molecule has 1 aliphatic heterocycles. The summed E-state index contributed by atoms with van der Waals surface area (Å²) in [5.74, 6) is 1.15. The van der Waals surface area contributed by atoms with Crippen LogP contribution in [0, 0.1) is 0 Å². The van der Waals surface area contributed by atoms with Crippen molar-refractivity contribution in [2.24, 2.45) is 0 Å². The molecule has 1 unspecified atom stereocenters. The minimum Gasteiger partial charge on any atom is -0.367 e. The maximum atomic E-state index is 4.68. The molecule has 0 radical (unpaired) electrons. The minimum absolute atomic E-state index is 0.559. The van der Waals surface area contributed by atoms with Gasteiger partial charge in [0.1, 0.15) is 5.82 Å². The van der Waals surface area contributed by atoms with Crippen LogP contribution < -0.4 is 5.32 Å². The lowest BCUT2D eigenvalue weighted by Gasteiger charge is -2.36. The van der Waals surface area contributed by atoms with Gasteiger partial charge in [-0.3, -0.25) is 4.90 Å². The number of hydrogen-bond donors (Lipinski definition) is 1. The minimum atomic E-state index is 0.559. The van der Waals surface area contributed by atoms with E-state index < -0.39 is 0 Å². The van der Waals surface area contributed by atoms with E-state index in [-0.39, 0.29) is 0 Å². The van der Waals surface area contributed by atoms with Gasteiger partial charge in [0.25, 0.3) is 0 Å². The number of likely N-dealkylation sites (tertiary alicyclic amines) is 1. The topological polar surface area (TPSA) is 28.2 Å². The second-order valence-corrected chi connectivity index (χ2v) is 6.56. The Labute approximate surface area is 129 Å². The summed E-state index contributed by atoms with van der Waals surface area (Å²) in [6, 6.07) is 5.58. The quantitative estimate of drug-likeness (QED) is 0.891. The van der Waals surface area contributed by atoms with Gasteiger partial charge in [-0.05, 0) is 44.8 Å². The molecule has 1 aliphatic carbocycles. The fourth-order valence-electron chi connectivity index (χ4n) is 3.97. The van der Waals surface area contributed by atoms with Gasteiger partial charge >= 0.3 is 0 Å². The second kappa shape index (κ2) is 7.26. The van der Waals surface area contributed by atoms with Crippen molar-refractivity contribution in [1.82, 2.24) is 9.88 Å². The largest absolute Gasteiger partial charge is 0.367 e. The molecule has 1 atom stereocenters. The molecule has 0 spiro atoms. The van der Waals surface area contributed by atoms with Crippen molar-refractivity contribution in [3.05, 3.63) is 23.9 Å². The lowest BCUT2D eigenvalue weighted by molar-refractivity contribution is 0.157. The fraction of sp³-hybridized carbons (Fsp3) is 0.722. The summed E-state index contributed by atoms with van der Waals surface area (Å²) < 4.78 is 0. The highest BCUT2D eigenvalue weighted by atomic mass is 15.2. The first-order valence-corrected chi connectivity index (χ1v) is 8.84. The van der Waals surface area contributed by atoms with Crippen molar-refractivity contribution in [3.63, 3.8) is 0 Å². The molecule has 0 aromatic carbocycles. The number of rotatable bonds is 4. The molecule has 1 aromatic rings. The number of aromatic nitrogens is 1. The van der Waals surface area contributed by atoms with Gasteiger partial charge in [0.05, 0.1) is 0 Å². The van der Waals surface area contributed by atoms with E-state index in [1.165, 1.54) is 63.5 Å². The van der Waals surface area contributed by atoms with Gasteiger partial charge in [0.2, 0.25) is 0 Å². The lowest BCUT2D eigenvalue weighted by Crippen LogP contribution is -2.34. The van der Waals surface area contributed by atoms with Crippen LogP contribution >= 0.6 is 0 Å². The molecule has 2 heterocycles. The number of hydrogen-bond acceptors (Lipinski definition) is 3. The summed E-state index contributed by atoms with van der Waals surface area (Å²) >= 11 is 0. The highest BCUT2D eigenvalue weighted by Crippen LogP contribution is 2.34. The van der Waals surface area contributed by atoms with E-state index in [0.29, 0.717) is 12.1 Å². The Morgan fingerprint density at radius 3 is 2.76 bits per heavy atom. The fourth-order valence-corrected chi connectivity index (χ4v) is 3.97. The van der Waals surface area contributed by atoms with Gasteiger partial charge in [-0.25, -0.2) is 4.98 Å². The standard InChI is InChI=1S/C18H29N3/c1-2-21-14-7-6-12-17(21)16-11-8-13-19-18(16)20-15-9-4-3-5-10-15/h8,11,13,15,17H,2-7,9-10,12,14H2,1H3,(H,19,20). The van der Waals surface area contributed by atoms with Crippen LogP contribution in [0.2, 0.25) is 0 Å². The summed E-state index contributed by atoms with van der Waals surface area (Å²) in [6.45, 7) is 4.66. The van der Waals surface area contributed by atoms with Crippen molar-refractivity contribution in [1.29, 1.82) is 0 Å². The van der Waals surface area contributed by atoms with Crippen molar-refractivity contribution >= 4 is 5.82 Å². The highest BCUT2D eigenvalue weighted by Gasteiger charge is 2.26. The number of anilines is 1. The molecule has 3 nitrogen and oxygen atoms in total.